The lowest BCUT2D eigenvalue weighted by Gasteiger charge is -2.36. The number of nitrogens with one attached hydrogen (secondary N) is 1. The van der Waals surface area contributed by atoms with E-state index in [1.54, 1.807) is 36.6 Å². The summed E-state index contributed by atoms with van der Waals surface area (Å²) < 4.78 is 136. The number of aliphatic hydroxyl groups is 2. The number of benzene rings is 3. The van der Waals surface area contributed by atoms with Gasteiger partial charge >= 0.3 is 24.5 Å². The number of halogens is 9. The zero-order valence-corrected chi connectivity index (χ0v) is 39.7. The van der Waals surface area contributed by atoms with Crippen molar-refractivity contribution in [2.75, 3.05) is 106 Å². The van der Waals surface area contributed by atoms with Gasteiger partial charge in [0.2, 0.25) is 0 Å². The smallest absolute Gasteiger partial charge is 0.417 e. The maximum Gasteiger partial charge on any atom is 0.417 e. The standard InChI is InChI=1S/C18H24F4N2O4.C15H21FN2O3.C13H16F4N2O2/c1-17(2,3)28-16(26)24-8-6-23(7-9-24)14-5-4-12(10-13(14)19)27-11-15(25)18(20,21)22;1-15(2,3)21-14(20)18-8-6-17(7-9-18)13-5-4-11(19)10-12(13)16;14-10-7-9(21-8-12(20)13(15,16)17)1-2-11(10)19-5-3-18-4-6-19/h4-5,10,15,25H,6-9,11H2,1-3H3;4-5,10,19H,6-9H2,1-3H3;1-2,7,12,18,20H,3-6,8H2. The molecular formula is C46H61F9N6O9. The Morgan fingerprint density at radius 2 is 0.871 bits per heavy atom. The van der Waals surface area contributed by atoms with Gasteiger partial charge in [0, 0.05) is 96.7 Å². The van der Waals surface area contributed by atoms with Crippen molar-refractivity contribution in [3.05, 3.63) is 72.0 Å². The van der Waals surface area contributed by atoms with Crippen LogP contribution in [0.15, 0.2) is 54.6 Å². The summed E-state index contributed by atoms with van der Waals surface area (Å²) in [6.07, 6.45) is -15.6. The highest BCUT2D eigenvalue weighted by molar-refractivity contribution is 5.69. The molecule has 392 valence electrons. The number of ether oxygens (including phenoxy) is 4. The molecule has 70 heavy (non-hydrogen) atoms. The van der Waals surface area contributed by atoms with Gasteiger partial charge in [0.15, 0.2) is 12.2 Å². The Balaban J connectivity index is 0.000000232. The third-order valence-corrected chi connectivity index (χ3v) is 10.3. The van der Waals surface area contributed by atoms with Crippen LogP contribution in [0.5, 0.6) is 17.2 Å². The fraction of sp³-hybridized carbons (Fsp3) is 0.565. The van der Waals surface area contributed by atoms with E-state index < -0.39 is 72.5 Å². The Hall–Kier alpha value is -5.75. The van der Waals surface area contributed by atoms with Gasteiger partial charge in [0.05, 0.1) is 17.1 Å². The van der Waals surface area contributed by atoms with E-state index >= 15 is 0 Å². The number of phenolic OH excluding ortho intramolecular Hbond substituents is 1. The first-order chi connectivity index (χ1) is 32.5. The lowest BCUT2D eigenvalue weighted by Crippen LogP contribution is -2.50. The lowest BCUT2D eigenvalue weighted by molar-refractivity contribution is -0.211. The van der Waals surface area contributed by atoms with Gasteiger partial charge in [-0.2, -0.15) is 26.3 Å². The minimum atomic E-state index is -4.80. The molecule has 3 aromatic rings. The van der Waals surface area contributed by atoms with Crippen molar-refractivity contribution in [3.8, 4) is 17.2 Å². The predicted molar refractivity (Wildman–Crippen MR) is 241 cm³/mol. The maximum atomic E-state index is 14.4. The van der Waals surface area contributed by atoms with Crippen LogP contribution in [0.25, 0.3) is 0 Å². The van der Waals surface area contributed by atoms with Crippen LogP contribution in [-0.2, 0) is 9.47 Å². The highest BCUT2D eigenvalue weighted by atomic mass is 19.4. The number of rotatable bonds is 9. The highest BCUT2D eigenvalue weighted by Crippen LogP contribution is 2.29. The molecule has 3 aromatic carbocycles. The second-order valence-electron chi connectivity index (χ2n) is 18.2. The molecule has 0 aliphatic carbocycles. The van der Waals surface area contributed by atoms with Gasteiger partial charge in [-0.1, -0.05) is 0 Å². The van der Waals surface area contributed by atoms with Crippen molar-refractivity contribution in [3.63, 3.8) is 0 Å². The van der Waals surface area contributed by atoms with Crippen LogP contribution in [0, 0.1) is 17.5 Å². The molecular weight excluding hydrogens is 952 g/mol. The van der Waals surface area contributed by atoms with Crippen molar-refractivity contribution in [1.29, 1.82) is 0 Å². The molecule has 24 heteroatoms. The molecule has 3 saturated heterocycles. The molecule has 2 amide bonds. The number of hydrogen-bond acceptors (Lipinski definition) is 13. The average molecular weight is 1010 g/mol. The minimum Gasteiger partial charge on any atom is -0.508 e. The number of alkyl halides is 6. The van der Waals surface area contributed by atoms with Gasteiger partial charge in [-0.25, -0.2) is 22.8 Å². The lowest BCUT2D eigenvalue weighted by atomic mass is 10.2. The maximum absolute atomic E-state index is 14.4. The van der Waals surface area contributed by atoms with Gasteiger partial charge in [-0.15, -0.1) is 0 Å². The first kappa shape index (κ1) is 56.8. The summed E-state index contributed by atoms with van der Waals surface area (Å²) >= 11 is 0. The number of aliphatic hydroxyl groups excluding tert-OH is 2. The SMILES string of the molecule is CC(C)(C)OC(=O)N1CCN(c2ccc(O)cc2F)CC1.CC(C)(C)OC(=O)N1CCN(c2ccc(OCC(O)C(F)(F)F)cc2F)CC1.OC(COc1ccc(N2CCNCC2)c(F)c1)C(F)(F)F. The van der Waals surface area contributed by atoms with Crippen LogP contribution in [0.1, 0.15) is 41.5 Å². The number of anilines is 3. The summed E-state index contributed by atoms with van der Waals surface area (Å²) in [5, 5.41) is 30.1. The zero-order valence-electron chi connectivity index (χ0n) is 39.7. The third-order valence-electron chi connectivity index (χ3n) is 10.3. The Labute approximate surface area is 400 Å². The normalized spacial score (nSPS) is 16.8. The number of amides is 2. The molecule has 3 fully saturated rings. The molecule has 2 unspecified atom stereocenters. The number of nitrogens with zero attached hydrogens (tertiary/aromatic N) is 5. The first-order valence-corrected chi connectivity index (χ1v) is 22.2. The number of aromatic hydroxyl groups is 1. The molecule has 3 aliphatic heterocycles. The van der Waals surface area contributed by atoms with Gasteiger partial charge in [-0.3, -0.25) is 0 Å². The van der Waals surface area contributed by atoms with Crippen LogP contribution in [-0.4, -0.2) is 165 Å². The molecule has 6 rings (SSSR count). The van der Waals surface area contributed by atoms with E-state index in [4.69, 9.17) is 29.2 Å². The van der Waals surface area contributed by atoms with Crippen molar-refractivity contribution < 1.29 is 83.4 Å². The van der Waals surface area contributed by atoms with Crippen molar-refractivity contribution >= 4 is 29.2 Å². The van der Waals surface area contributed by atoms with E-state index in [-0.39, 0.29) is 29.0 Å². The number of hydrogen-bond donors (Lipinski definition) is 4. The van der Waals surface area contributed by atoms with Gasteiger partial charge < -0.3 is 64.1 Å². The summed E-state index contributed by atoms with van der Waals surface area (Å²) in [5.41, 5.74) is -0.0305. The Kier molecular flexibility index (Phi) is 19.8. The molecule has 15 nitrogen and oxygen atoms in total. The molecule has 4 N–H and O–H groups in total. The van der Waals surface area contributed by atoms with E-state index in [1.165, 1.54) is 35.2 Å². The van der Waals surface area contributed by atoms with Crippen molar-refractivity contribution in [1.82, 2.24) is 15.1 Å². The predicted octanol–water partition coefficient (Wildman–Crippen LogP) is 7.31. The van der Waals surface area contributed by atoms with E-state index in [9.17, 15) is 54.2 Å². The molecule has 0 saturated carbocycles. The van der Waals surface area contributed by atoms with Crippen LogP contribution < -0.4 is 29.5 Å². The zero-order chi connectivity index (χ0) is 52.2. The van der Waals surface area contributed by atoms with E-state index in [1.807, 2.05) is 30.6 Å². The third kappa shape index (κ3) is 18.2. The van der Waals surface area contributed by atoms with Crippen LogP contribution in [0.3, 0.4) is 0 Å². The van der Waals surface area contributed by atoms with Gasteiger partial charge in [0.1, 0.15) is 59.1 Å². The Morgan fingerprint density at radius 1 is 0.543 bits per heavy atom. The summed E-state index contributed by atoms with van der Waals surface area (Å²) in [6, 6.07) is 11.7. The Morgan fingerprint density at radius 3 is 1.19 bits per heavy atom. The van der Waals surface area contributed by atoms with Crippen LogP contribution >= 0.6 is 0 Å². The summed E-state index contributed by atoms with van der Waals surface area (Å²) in [6.45, 7) is 15.1. The summed E-state index contributed by atoms with van der Waals surface area (Å²) in [7, 11) is 0. The molecule has 0 bridgehead atoms. The average Bonchev–Trinajstić information content (AvgIpc) is 3.26. The summed E-state index contributed by atoms with van der Waals surface area (Å²) in [5.74, 6) is -1.93. The van der Waals surface area contributed by atoms with Crippen LogP contribution in [0.4, 0.5) is 66.2 Å². The summed E-state index contributed by atoms with van der Waals surface area (Å²) in [4.78, 5) is 32.6. The molecule has 0 aromatic heterocycles. The van der Waals surface area contributed by atoms with Gasteiger partial charge in [-0.05, 0) is 77.9 Å². The highest BCUT2D eigenvalue weighted by Gasteiger charge is 2.40. The minimum absolute atomic E-state index is 0.0466. The topological polar surface area (TPSA) is 160 Å². The fourth-order valence-electron chi connectivity index (χ4n) is 6.78. The largest absolute Gasteiger partial charge is 0.508 e. The van der Waals surface area contributed by atoms with E-state index in [0.717, 1.165) is 31.3 Å². The number of phenols is 1. The second-order valence-corrected chi connectivity index (χ2v) is 18.2. The Bertz CT molecular complexity index is 2150. The van der Waals surface area contributed by atoms with Crippen LogP contribution in [0.2, 0.25) is 0 Å². The van der Waals surface area contributed by atoms with Crippen molar-refractivity contribution in [2.45, 2.75) is 77.3 Å². The molecule has 3 heterocycles. The van der Waals surface area contributed by atoms with E-state index in [2.05, 4.69) is 5.32 Å². The second kappa shape index (κ2) is 24.4. The van der Waals surface area contributed by atoms with E-state index in [0.29, 0.717) is 76.8 Å². The quantitative estimate of drug-likeness (QED) is 0.158. The molecule has 3 aliphatic rings. The molecule has 0 radical (unpaired) electrons. The fourth-order valence-corrected chi connectivity index (χ4v) is 6.78. The number of carbonyl (C=O) groups is 2. The molecule has 2 atom stereocenters. The number of carbonyl (C=O) groups excluding carboxylic acids is 2. The van der Waals surface area contributed by atoms with Gasteiger partial charge in [0.25, 0.3) is 0 Å². The molecule has 0 spiro atoms. The monoisotopic (exact) mass is 1010 g/mol. The number of piperazine rings is 3. The van der Waals surface area contributed by atoms with Crippen molar-refractivity contribution in [2.24, 2.45) is 0 Å². The first-order valence-electron chi connectivity index (χ1n) is 22.2.